The van der Waals surface area contributed by atoms with Crippen LogP contribution in [0.4, 0.5) is 0 Å². The van der Waals surface area contributed by atoms with Crippen molar-refractivity contribution < 1.29 is 0 Å². The first-order chi connectivity index (χ1) is 2.89. The summed E-state index contributed by atoms with van der Waals surface area (Å²) in [5.41, 5.74) is 0. The Bertz CT molecular complexity index is 42.2. The van der Waals surface area contributed by atoms with Gasteiger partial charge in [0, 0.05) is 0 Å². The van der Waals surface area contributed by atoms with E-state index in [1.807, 2.05) is 0 Å². The van der Waals surface area contributed by atoms with E-state index in [0.29, 0.717) is 0 Å². The second-order valence-electron chi connectivity index (χ2n) is 2.15. The van der Waals surface area contributed by atoms with Crippen molar-refractivity contribution in [1.82, 2.24) is 0 Å². The van der Waals surface area contributed by atoms with Crippen molar-refractivity contribution in [3.63, 3.8) is 0 Å². The molecule has 0 aromatic carbocycles. The van der Waals surface area contributed by atoms with Crippen molar-refractivity contribution in [2.24, 2.45) is 5.92 Å². The van der Waals surface area contributed by atoms with Gasteiger partial charge in [0.05, 0.1) is 0 Å². The molecule has 0 heterocycles. The monoisotopic (exact) mass is 202 g/mol. The third-order valence-corrected chi connectivity index (χ3v) is 1.47. The molecule has 0 unspecified atom stereocenters. The summed E-state index contributed by atoms with van der Waals surface area (Å²) in [5.74, 6) is 0.796. The fraction of sp³-hybridized carbons (Fsp3) is 0.714. The molecule has 0 nitrogen and oxygen atoms in total. The van der Waals surface area contributed by atoms with Gasteiger partial charge in [0.25, 0.3) is 0 Å². The Kier molecular flexibility index (Phi) is 17.1. The van der Waals surface area contributed by atoms with E-state index in [1.165, 1.54) is 25.7 Å². The van der Waals surface area contributed by atoms with E-state index in [-0.39, 0.29) is 47.5 Å². The van der Waals surface area contributed by atoms with E-state index in [1.54, 1.807) is 0 Å². The predicted octanol–water partition coefficient (Wildman–Crippen LogP) is 2.66. The molecule has 1 saturated carbocycles. The van der Waals surface area contributed by atoms with Gasteiger partial charge in [-0.05, 0) is 0 Å². The van der Waals surface area contributed by atoms with Crippen LogP contribution in [0.25, 0.3) is 0 Å². The van der Waals surface area contributed by atoms with Crippen LogP contribution in [0, 0.1) is 20.3 Å². The molecule has 1 aliphatic rings. The third-order valence-electron chi connectivity index (χ3n) is 1.47. The molecule has 1 fully saturated rings. The summed E-state index contributed by atoms with van der Waals surface area (Å²) in [6.07, 6.45) is 5.60. The molecule has 0 aromatic heterocycles. The third kappa shape index (κ3) is 7.14. The molecule has 0 atom stereocenters. The van der Waals surface area contributed by atoms with Crippen LogP contribution in [-0.4, -0.2) is 23.1 Å². The molecule has 1 rings (SSSR count). The summed E-state index contributed by atoms with van der Waals surface area (Å²) in [4.78, 5) is 0. The smallest absolute Gasteiger partial charge is 0.358 e. The van der Waals surface area contributed by atoms with Crippen LogP contribution in [0.3, 0.4) is 0 Å². The minimum absolute atomic E-state index is 0. The Balaban J connectivity index is -0.000000120. The maximum Gasteiger partial charge on any atom is 2.00 e. The largest absolute Gasteiger partial charge is 2.00 e. The Labute approximate surface area is 85.7 Å². The first-order valence-electron chi connectivity index (χ1n) is 2.72. The first-order valence-corrected chi connectivity index (χ1v) is 2.72. The minimum Gasteiger partial charge on any atom is -0.358 e. The predicted molar refractivity (Wildman–Crippen MR) is 49.8 cm³/mol. The van der Waals surface area contributed by atoms with Gasteiger partial charge in [-0.15, -0.1) is 17.0 Å². The second kappa shape index (κ2) is 9.25. The van der Waals surface area contributed by atoms with Gasteiger partial charge in [-0.2, -0.15) is 5.92 Å². The zero-order valence-corrected chi connectivity index (χ0v) is 9.36. The molecule has 0 saturated heterocycles. The van der Waals surface area contributed by atoms with Crippen molar-refractivity contribution >= 4 is 40.0 Å². The Morgan fingerprint density at radius 1 is 1.11 bits per heavy atom. The summed E-state index contributed by atoms with van der Waals surface area (Å²) in [6, 6.07) is 0. The van der Waals surface area contributed by atoms with Gasteiger partial charge in [-0.1, -0.05) is 25.7 Å². The molecule has 52 valence electrons. The first kappa shape index (κ1) is 16.7. The van der Waals surface area contributed by atoms with Crippen molar-refractivity contribution in [2.75, 3.05) is 0 Å². The van der Waals surface area contributed by atoms with E-state index in [2.05, 4.69) is 6.92 Å². The summed E-state index contributed by atoms with van der Waals surface area (Å²) in [6.45, 7) is 3.94. The Hall–Kier alpha value is 1.25. The van der Waals surface area contributed by atoms with E-state index in [9.17, 15) is 0 Å². The molecule has 9 heavy (non-hydrogen) atoms. The van der Waals surface area contributed by atoms with E-state index < -0.39 is 0 Å². The van der Waals surface area contributed by atoms with E-state index >= 15 is 0 Å². The maximum absolute atomic E-state index is 3.94. The Morgan fingerprint density at radius 3 is 1.56 bits per heavy atom. The standard InChI is InChI=1S/C6H11.CH3.BrH.Mg/c1-6-4-2-3-5-6;;;/h6H,1-5H2;1H3;1H;/q2*-1;;+2. The van der Waals surface area contributed by atoms with Crippen LogP contribution in [0.1, 0.15) is 25.7 Å². The number of halogens is 1. The normalized spacial score (nSPS) is 17.0. The van der Waals surface area contributed by atoms with Gasteiger partial charge in [0.2, 0.25) is 0 Å². The fourth-order valence-corrected chi connectivity index (χ4v) is 1.01. The molecule has 1 aliphatic carbocycles. The average molecular weight is 203 g/mol. The minimum atomic E-state index is 0. The summed E-state index contributed by atoms with van der Waals surface area (Å²) >= 11 is 0. The molecular weight excluding hydrogens is 188 g/mol. The topological polar surface area (TPSA) is 0 Å². The summed E-state index contributed by atoms with van der Waals surface area (Å²) in [5, 5.41) is 0. The van der Waals surface area contributed by atoms with Gasteiger partial charge in [-0.3, -0.25) is 0 Å². The number of rotatable bonds is 0. The molecule has 0 amide bonds. The maximum atomic E-state index is 3.94. The molecule has 0 aromatic rings. The Morgan fingerprint density at radius 2 is 1.44 bits per heavy atom. The molecule has 0 spiro atoms. The zero-order chi connectivity index (χ0) is 4.41. The average Bonchev–Trinajstić information content (AvgIpc) is 1.86. The van der Waals surface area contributed by atoms with Gasteiger partial charge in [0.15, 0.2) is 0 Å². The molecule has 0 aliphatic heterocycles. The van der Waals surface area contributed by atoms with Gasteiger partial charge < -0.3 is 14.4 Å². The number of hydrogen-bond donors (Lipinski definition) is 0. The summed E-state index contributed by atoms with van der Waals surface area (Å²) in [7, 11) is 0. The van der Waals surface area contributed by atoms with Gasteiger partial charge in [0.1, 0.15) is 0 Å². The van der Waals surface area contributed by atoms with E-state index in [0.717, 1.165) is 5.92 Å². The molecule has 2 heteroatoms. The molecule has 0 bridgehead atoms. The number of hydrogen-bond acceptors (Lipinski definition) is 0. The summed E-state index contributed by atoms with van der Waals surface area (Å²) < 4.78 is 0. The van der Waals surface area contributed by atoms with Crippen LogP contribution in [0.5, 0.6) is 0 Å². The van der Waals surface area contributed by atoms with Gasteiger partial charge in [-0.25, -0.2) is 0 Å². The van der Waals surface area contributed by atoms with E-state index in [4.69, 9.17) is 0 Å². The second-order valence-corrected chi connectivity index (χ2v) is 2.15. The molecule has 0 radical (unpaired) electrons. The van der Waals surface area contributed by atoms with Crippen LogP contribution in [0.15, 0.2) is 0 Å². The van der Waals surface area contributed by atoms with Gasteiger partial charge >= 0.3 is 23.1 Å². The molecule has 0 N–H and O–H groups in total. The van der Waals surface area contributed by atoms with Crippen molar-refractivity contribution in [1.29, 1.82) is 0 Å². The quantitative estimate of drug-likeness (QED) is 0.419. The van der Waals surface area contributed by atoms with Crippen LogP contribution in [0.2, 0.25) is 0 Å². The fourth-order valence-electron chi connectivity index (χ4n) is 1.01. The van der Waals surface area contributed by atoms with Crippen LogP contribution < -0.4 is 0 Å². The van der Waals surface area contributed by atoms with Crippen LogP contribution in [-0.2, 0) is 0 Å². The zero-order valence-electron chi connectivity index (χ0n) is 6.23. The van der Waals surface area contributed by atoms with Crippen molar-refractivity contribution in [2.45, 2.75) is 25.7 Å². The van der Waals surface area contributed by atoms with Crippen molar-refractivity contribution in [3.05, 3.63) is 14.4 Å². The SMILES string of the molecule is Br.[CH2-]C1CCCC1.[CH3-].[Mg+2]. The van der Waals surface area contributed by atoms with Crippen molar-refractivity contribution in [3.8, 4) is 0 Å². The molecular formula is C7H15BrMg. The van der Waals surface area contributed by atoms with Crippen LogP contribution >= 0.6 is 17.0 Å².